The molecular formula is C17H27ClN4O2. The first kappa shape index (κ1) is 20.4. The van der Waals surface area contributed by atoms with Crippen LogP contribution in [-0.4, -0.2) is 47.9 Å². The van der Waals surface area contributed by atoms with Crippen molar-refractivity contribution in [2.75, 3.05) is 26.2 Å². The van der Waals surface area contributed by atoms with Gasteiger partial charge in [-0.25, -0.2) is 0 Å². The molecule has 24 heavy (non-hydrogen) atoms. The highest BCUT2D eigenvalue weighted by Crippen LogP contribution is 2.21. The van der Waals surface area contributed by atoms with Crippen LogP contribution in [0.4, 0.5) is 0 Å². The van der Waals surface area contributed by atoms with Crippen LogP contribution >= 0.6 is 12.4 Å². The summed E-state index contributed by atoms with van der Waals surface area (Å²) in [7, 11) is 0. The number of nitrogens with one attached hydrogen (secondary N) is 2. The predicted molar refractivity (Wildman–Crippen MR) is 95.9 cm³/mol. The fraction of sp³-hybridized carbons (Fsp3) is 0.588. The van der Waals surface area contributed by atoms with Crippen LogP contribution in [0.25, 0.3) is 0 Å². The number of rotatable bonds is 6. The van der Waals surface area contributed by atoms with Gasteiger partial charge in [0, 0.05) is 51.4 Å². The van der Waals surface area contributed by atoms with Crippen molar-refractivity contribution in [3.63, 3.8) is 0 Å². The van der Waals surface area contributed by atoms with E-state index in [1.165, 1.54) is 0 Å². The molecule has 134 valence electrons. The Balaban J connectivity index is 0.00000288. The molecule has 6 nitrogen and oxygen atoms in total. The van der Waals surface area contributed by atoms with Crippen molar-refractivity contribution in [3.8, 4) is 0 Å². The summed E-state index contributed by atoms with van der Waals surface area (Å²) in [6.07, 6.45) is 4.37. The van der Waals surface area contributed by atoms with Crippen molar-refractivity contribution in [2.24, 2.45) is 5.92 Å². The van der Waals surface area contributed by atoms with Crippen LogP contribution in [0, 0.1) is 5.92 Å². The molecule has 2 N–H and O–H groups in total. The van der Waals surface area contributed by atoms with E-state index in [0.717, 1.165) is 18.7 Å². The molecule has 0 bridgehead atoms. The Morgan fingerprint density at radius 1 is 1.46 bits per heavy atom. The molecule has 7 heteroatoms. The van der Waals surface area contributed by atoms with Crippen LogP contribution < -0.4 is 10.6 Å². The number of amides is 2. The van der Waals surface area contributed by atoms with Crippen LogP contribution in [0.1, 0.15) is 38.3 Å². The zero-order valence-corrected chi connectivity index (χ0v) is 15.1. The lowest BCUT2D eigenvalue weighted by atomic mass is 10.0. The van der Waals surface area contributed by atoms with E-state index >= 15 is 0 Å². The highest BCUT2D eigenvalue weighted by atomic mass is 35.5. The number of nitrogens with zero attached hydrogens (tertiary/aromatic N) is 2. The molecule has 0 spiro atoms. The van der Waals surface area contributed by atoms with Crippen LogP contribution in [0.2, 0.25) is 0 Å². The summed E-state index contributed by atoms with van der Waals surface area (Å²) in [5.41, 5.74) is 1.04. The van der Waals surface area contributed by atoms with Crippen molar-refractivity contribution in [3.05, 3.63) is 30.1 Å². The molecule has 0 radical (unpaired) electrons. The van der Waals surface area contributed by atoms with E-state index in [1.807, 2.05) is 37.1 Å². The van der Waals surface area contributed by atoms with Crippen molar-refractivity contribution >= 4 is 24.2 Å². The summed E-state index contributed by atoms with van der Waals surface area (Å²) >= 11 is 0. The molecule has 1 aliphatic heterocycles. The second-order valence-corrected chi connectivity index (χ2v) is 6.29. The first-order valence-electron chi connectivity index (χ1n) is 8.24. The standard InChI is InChI=1S/C17H26N4O2.ClH/c1-13(2)10-16(22)20-7-5-17(23)21-9-8-19-12-15(21)14-4-3-6-18-11-14;/h3-4,6,11,13,15,19H,5,7-10,12H2,1-2H3,(H,20,22);1H. The normalized spacial score (nSPS) is 17.3. The Bertz CT molecular complexity index is 525. The number of hydrogen-bond donors (Lipinski definition) is 2. The summed E-state index contributed by atoms with van der Waals surface area (Å²) in [5, 5.41) is 6.15. The van der Waals surface area contributed by atoms with Gasteiger partial charge in [-0.2, -0.15) is 0 Å². The quantitative estimate of drug-likeness (QED) is 0.812. The minimum atomic E-state index is 0. The maximum absolute atomic E-state index is 12.5. The molecule has 1 aliphatic rings. The van der Waals surface area contributed by atoms with E-state index in [2.05, 4.69) is 15.6 Å². The molecule has 1 atom stereocenters. The van der Waals surface area contributed by atoms with Gasteiger partial charge in [0.25, 0.3) is 0 Å². The average Bonchev–Trinajstić information content (AvgIpc) is 2.55. The molecule has 2 heterocycles. The van der Waals surface area contributed by atoms with Crippen LogP contribution in [0.3, 0.4) is 0 Å². The fourth-order valence-electron chi connectivity index (χ4n) is 2.77. The lowest BCUT2D eigenvalue weighted by Gasteiger charge is -2.36. The van der Waals surface area contributed by atoms with Crippen LogP contribution in [-0.2, 0) is 9.59 Å². The molecule has 2 amide bonds. The minimum absolute atomic E-state index is 0. The molecule has 0 aromatic carbocycles. The number of aromatic nitrogens is 1. The van der Waals surface area contributed by atoms with Gasteiger partial charge in [-0.3, -0.25) is 14.6 Å². The van der Waals surface area contributed by atoms with Gasteiger partial charge >= 0.3 is 0 Å². The van der Waals surface area contributed by atoms with Gasteiger partial charge in [-0.05, 0) is 17.5 Å². The maximum Gasteiger partial charge on any atom is 0.224 e. The van der Waals surface area contributed by atoms with Gasteiger partial charge in [-0.1, -0.05) is 19.9 Å². The van der Waals surface area contributed by atoms with Crippen molar-refractivity contribution in [1.29, 1.82) is 0 Å². The lowest BCUT2D eigenvalue weighted by molar-refractivity contribution is -0.134. The summed E-state index contributed by atoms with van der Waals surface area (Å²) in [4.78, 5) is 30.2. The van der Waals surface area contributed by atoms with Crippen molar-refractivity contribution < 1.29 is 9.59 Å². The predicted octanol–water partition coefficient (Wildman–Crippen LogP) is 1.53. The number of carbonyl (C=O) groups excluding carboxylic acids is 2. The van der Waals surface area contributed by atoms with Crippen molar-refractivity contribution in [2.45, 2.75) is 32.7 Å². The molecule has 1 aromatic heterocycles. The second kappa shape index (κ2) is 10.3. The Morgan fingerprint density at radius 2 is 2.25 bits per heavy atom. The Kier molecular flexibility index (Phi) is 8.71. The summed E-state index contributed by atoms with van der Waals surface area (Å²) in [6, 6.07) is 3.89. The molecule has 0 aliphatic carbocycles. The lowest BCUT2D eigenvalue weighted by Crippen LogP contribution is -2.49. The number of halogens is 1. The topological polar surface area (TPSA) is 74.3 Å². The highest BCUT2D eigenvalue weighted by Gasteiger charge is 2.27. The van der Waals surface area contributed by atoms with Gasteiger partial charge < -0.3 is 15.5 Å². The Morgan fingerprint density at radius 3 is 2.92 bits per heavy atom. The molecule has 1 fully saturated rings. The average molecular weight is 355 g/mol. The smallest absolute Gasteiger partial charge is 0.224 e. The van der Waals surface area contributed by atoms with E-state index in [9.17, 15) is 9.59 Å². The third-order valence-electron chi connectivity index (χ3n) is 3.89. The summed E-state index contributed by atoms with van der Waals surface area (Å²) in [6.45, 7) is 6.61. The van der Waals surface area contributed by atoms with Crippen molar-refractivity contribution in [1.82, 2.24) is 20.5 Å². The summed E-state index contributed by atoms with van der Waals surface area (Å²) in [5.74, 6) is 0.413. The highest BCUT2D eigenvalue weighted by molar-refractivity contribution is 5.85. The maximum atomic E-state index is 12.5. The van der Waals surface area contributed by atoms with E-state index in [1.54, 1.807) is 6.20 Å². The van der Waals surface area contributed by atoms with Crippen LogP contribution in [0.5, 0.6) is 0 Å². The zero-order chi connectivity index (χ0) is 16.7. The van der Waals surface area contributed by atoms with E-state index in [0.29, 0.717) is 31.8 Å². The van der Waals surface area contributed by atoms with Gasteiger partial charge in [0.2, 0.25) is 11.8 Å². The monoisotopic (exact) mass is 354 g/mol. The molecule has 1 unspecified atom stereocenters. The van der Waals surface area contributed by atoms with Gasteiger partial charge in [0.05, 0.1) is 6.04 Å². The third-order valence-corrected chi connectivity index (χ3v) is 3.89. The molecule has 2 rings (SSSR count). The minimum Gasteiger partial charge on any atom is -0.356 e. The van der Waals surface area contributed by atoms with E-state index < -0.39 is 0 Å². The number of piperazine rings is 1. The van der Waals surface area contributed by atoms with E-state index in [-0.39, 0.29) is 30.3 Å². The molecule has 0 saturated carbocycles. The fourth-order valence-corrected chi connectivity index (χ4v) is 2.77. The number of hydrogen-bond acceptors (Lipinski definition) is 4. The van der Waals surface area contributed by atoms with Gasteiger partial charge in [0.1, 0.15) is 0 Å². The molecular weight excluding hydrogens is 328 g/mol. The van der Waals surface area contributed by atoms with Gasteiger partial charge in [-0.15, -0.1) is 12.4 Å². The van der Waals surface area contributed by atoms with E-state index in [4.69, 9.17) is 0 Å². The largest absolute Gasteiger partial charge is 0.356 e. The molecule has 1 saturated heterocycles. The van der Waals surface area contributed by atoms with Crippen LogP contribution in [0.15, 0.2) is 24.5 Å². The Labute approximate surface area is 149 Å². The number of carbonyl (C=O) groups is 2. The SMILES string of the molecule is CC(C)CC(=O)NCCC(=O)N1CCNCC1c1cccnc1.Cl. The molecule has 1 aromatic rings. The number of pyridine rings is 1. The summed E-state index contributed by atoms with van der Waals surface area (Å²) < 4.78 is 0. The second-order valence-electron chi connectivity index (χ2n) is 6.29. The van der Waals surface area contributed by atoms with Gasteiger partial charge in [0.15, 0.2) is 0 Å². The zero-order valence-electron chi connectivity index (χ0n) is 14.3. The third kappa shape index (κ3) is 6.09. The first-order chi connectivity index (χ1) is 11.1. The first-order valence-corrected chi connectivity index (χ1v) is 8.24. The Hall–Kier alpha value is -1.66.